The third kappa shape index (κ3) is 1.92. The van der Waals surface area contributed by atoms with Crippen LogP contribution in [0.25, 0.3) is 0 Å². The zero-order chi connectivity index (χ0) is 10.1. The molecule has 0 spiro atoms. The maximum atomic E-state index is 13.3. The molecule has 1 aromatic rings. The Kier molecular flexibility index (Phi) is 2.23. The average Bonchev–Trinajstić information content (AvgIpc) is 2.92. The van der Waals surface area contributed by atoms with E-state index in [2.05, 4.69) is 4.99 Å². The van der Waals surface area contributed by atoms with Crippen molar-refractivity contribution in [2.75, 3.05) is 0 Å². The fourth-order valence-electron chi connectivity index (χ4n) is 1.31. The molecule has 2 rings (SSSR count). The van der Waals surface area contributed by atoms with E-state index in [0.29, 0.717) is 17.4 Å². The molecule has 0 radical (unpaired) electrons. The molecule has 1 fully saturated rings. The molecule has 0 aliphatic heterocycles. The summed E-state index contributed by atoms with van der Waals surface area (Å²) >= 11 is 0. The second-order valence-corrected chi connectivity index (χ2v) is 3.77. The summed E-state index contributed by atoms with van der Waals surface area (Å²) in [6.45, 7) is 1.85. The van der Waals surface area contributed by atoms with Gasteiger partial charge in [-0.3, -0.25) is 0 Å². The van der Waals surface area contributed by atoms with E-state index < -0.39 is 0 Å². The van der Waals surface area contributed by atoms with Gasteiger partial charge in [-0.1, -0.05) is 6.07 Å². The summed E-state index contributed by atoms with van der Waals surface area (Å²) in [6, 6.07) is 4.97. The molecule has 0 bridgehead atoms. The Morgan fingerprint density at radius 1 is 1.50 bits per heavy atom. The molecule has 74 valence electrons. The van der Waals surface area contributed by atoms with Gasteiger partial charge >= 0.3 is 0 Å². The average molecular weight is 192 g/mol. The topological polar surface area (TPSA) is 38.4 Å². The van der Waals surface area contributed by atoms with Gasteiger partial charge in [0.05, 0.1) is 0 Å². The first-order valence-electron chi connectivity index (χ1n) is 4.77. The van der Waals surface area contributed by atoms with Gasteiger partial charge in [0.25, 0.3) is 0 Å². The smallest absolute Gasteiger partial charge is 0.149 e. The monoisotopic (exact) mass is 192 g/mol. The minimum absolute atomic E-state index is 0.298. The van der Waals surface area contributed by atoms with Crippen LogP contribution in [-0.4, -0.2) is 5.84 Å². The van der Waals surface area contributed by atoms with Crippen LogP contribution in [0, 0.1) is 18.7 Å². The Balaban J connectivity index is 2.27. The Morgan fingerprint density at radius 3 is 2.79 bits per heavy atom. The van der Waals surface area contributed by atoms with Crippen molar-refractivity contribution in [1.29, 1.82) is 0 Å². The lowest BCUT2D eigenvalue weighted by molar-refractivity contribution is 0.628. The van der Waals surface area contributed by atoms with Gasteiger partial charge in [0.1, 0.15) is 17.3 Å². The number of amidine groups is 1. The molecular weight excluding hydrogens is 179 g/mol. The highest BCUT2D eigenvalue weighted by Gasteiger charge is 2.25. The fraction of sp³-hybridized carbons (Fsp3) is 0.364. The summed E-state index contributed by atoms with van der Waals surface area (Å²) in [5, 5.41) is 0. The molecule has 0 aromatic heterocycles. The molecule has 1 saturated carbocycles. The Hall–Kier alpha value is -1.38. The SMILES string of the molecule is Cc1ccc(N=C(N)C2CC2)c(F)c1. The molecular formula is C11H13FN2. The number of benzene rings is 1. The first-order valence-corrected chi connectivity index (χ1v) is 4.77. The fourth-order valence-corrected chi connectivity index (χ4v) is 1.31. The molecule has 1 aliphatic carbocycles. The number of rotatable bonds is 2. The van der Waals surface area contributed by atoms with Gasteiger partial charge in [0.2, 0.25) is 0 Å². The number of aryl methyl sites for hydroxylation is 1. The minimum Gasteiger partial charge on any atom is -0.387 e. The van der Waals surface area contributed by atoms with Gasteiger partial charge in [-0.2, -0.15) is 0 Å². The molecule has 0 unspecified atom stereocenters. The maximum absolute atomic E-state index is 13.3. The van der Waals surface area contributed by atoms with E-state index in [4.69, 9.17) is 5.73 Å². The van der Waals surface area contributed by atoms with E-state index in [1.807, 2.05) is 13.0 Å². The summed E-state index contributed by atoms with van der Waals surface area (Å²) in [4.78, 5) is 4.08. The normalized spacial score (nSPS) is 17.1. The van der Waals surface area contributed by atoms with Crippen molar-refractivity contribution in [2.45, 2.75) is 19.8 Å². The molecule has 14 heavy (non-hydrogen) atoms. The van der Waals surface area contributed by atoms with Crippen molar-refractivity contribution in [3.8, 4) is 0 Å². The number of hydrogen-bond acceptors (Lipinski definition) is 1. The summed E-state index contributed by atoms with van der Waals surface area (Å²) < 4.78 is 13.3. The second kappa shape index (κ2) is 3.40. The van der Waals surface area contributed by atoms with Crippen LogP contribution in [0.3, 0.4) is 0 Å². The van der Waals surface area contributed by atoms with E-state index in [-0.39, 0.29) is 5.82 Å². The lowest BCUT2D eigenvalue weighted by Gasteiger charge is -2.00. The van der Waals surface area contributed by atoms with Gasteiger partial charge in [-0.15, -0.1) is 0 Å². The lowest BCUT2D eigenvalue weighted by Crippen LogP contribution is -2.13. The highest BCUT2D eigenvalue weighted by molar-refractivity contribution is 5.87. The van der Waals surface area contributed by atoms with E-state index in [1.165, 1.54) is 6.07 Å². The van der Waals surface area contributed by atoms with Crippen LogP contribution < -0.4 is 5.73 Å². The Labute approximate surface area is 82.7 Å². The zero-order valence-corrected chi connectivity index (χ0v) is 8.13. The quantitative estimate of drug-likeness (QED) is 0.567. The van der Waals surface area contributed by atoms with Gasteiger partial charge in [0.15, 0.2) is 0 Å². The predicted molar refractivity (Wildman–Crippen MR) is 55.1 cm³/mol. The van der Waals surface area contributed by atoms with E-state index >= 15 is 0 Å². The summed E-state index contributed by atoms with van der Waals surface area (Å²) in [6.07, 6.45) is 2.17. The van der Waals surface area contributed by atoms with E-state index in [0.717, 1.165) is 18.4 Å². The molecule has 1 aromatic carbocycles. The van der Waals surface area contributed by atoms with E-state index in [9.17, 15) is 4.39 Å². The predicted octanol–water partition coefficient (Wildman–Crippen LogP) is 2.53. The van der Waals surface area contributed by atoms with Crippen LogP contribution in [0.5, 0.6) is 0 Å². The minimum atomic E-state index is -0.298. The number of nitrogens with two attached hydrogens (primary N) is 1. The van der Waals surface area contributed by atoms with Gasteiger partial charge in [0, 0.05) is 5.92 Å². The molecule has 0 saturated heterocycles. The van der Waals surface area contributed by atoms with Crippen LogP contribution in [0.2, 0.25) is 0 Å². The lowest BCUT2D eigenvalue weighted by atomic mass is 10.2. The standard InChI is InChI=1S/C11H13FN2/c1-7-2-5-10(9(12)6-7)14-11(13)8-3-4-8/h2,5-6,8H,3-4H2,1H3,(H2,13,14). The summed E-state index contributed by atoms with van der Waals surface area (Å²) in [5.41, 5.74) is 6.94. The third-order valence-corrected chi connectivity index (χ3v) is 2.35. The number of aliphatic imine (C=N–C) groups is 1. The molecule has 0 atom stereocenters. The largest absolute Gasteiger partial charge is 0.387 e. The first-order chi connectivity index (χ1) is 6.66. The number of nitrogens with zero attached hydrogens (tertiary/aromatic N) is 1. The van der Waals surface area contributed by atoms with Crippen LogP contribution >= 0.6 is 0 Å². The summed E-state index contributed by atoms with van der Waals surface area (Å²) in [5.74, 6) is 0.650. The van der Waals surface area contributed by atoms with Crippen molar-refractivity contribution in [1.82, 2.24) is 0 Å². The van der Waals surface area contributed by atoms with Crippen molar-refractivity contribution < 1.29 is 4.39 Å². The molecule has 3 heteroatoms. The molecule has 0 amide bonds. The number of halogens is 1. The third-order valence-electron chi connectivity index (χ3n) is 2.35. The first kappa shape index (κ1) is 9.19. The van der Waals surface area contributed by atoms with Gasteiger partial charge < -0.3 is 5.73 Å². The molecule has 2 nitrogen and oxygen atoms in total. The highest BCUT2D eigenvalue weighted by atomic mass is 19.1. The number of hydrogen-bond donors (Lipinski definition) is 1. The molecule has 2 N–H and O–H groups in total. The second-order valence-electron chi connectivity index (χ2n) is 3.77. The summed E-state index contributed by atoms with van der Waals surface area (Å²) in [7, 11) is 0. The molecule has 0 heterocycles. The Morgan fingerprint density at radius 2 is 2.21 bits per heavy atom. The van der Waals surface area contributed by atoms with Crippen molar-refractivity contribution in [2.24, 2.45) is 16.6 Å². The van der Waals surface area contributed by atoms with Crippen LogP contribution in [0.4, 0.5) is 10.1 Å². The van der Waals surface area contributed by atoms with Crippen LogP contribution in [-0.2, 0) is 0 Å². The van der Waals surface area contributed by atoms with Crippen LogP contribution in [0.1, 0.15) is 18.4 Å². The van der Waals surface area contributed by atoms with Gasteiger partial charge in [-0.05, 0) is 37.5 Å². The molecule has 1 aliphatic rings. The highest BCUT2D eigenvalue weighted by Crippen LogP contribution is 2.30. The van der Waals surface area contributed by atoms with Crippen molar-refractivity contribution in [3.63, 3.8) is 0 Å². The van der Waals surface area contributed by atoms with Gasteiger partial charge in [-0.25, -0.2) is 9.38 Å². The van der Waals surface area contributed by atoms with Crippen molar-refractivity contribution in [3.05, 3.63) is 29.6 Å². The van der Waals surface area contributed by atoms with Crippen LogP contribution in [0.15, 0.2) is 23.2 Å². The Bertz CT molecular complexity index is 381. The van der Waals surface area contributed by atoms with E-state index in [1.54, 1.807) is 6.07 Å². The van der Waals surface area contributed by atoms with Crippen molar-refractivity contribution >= 4 is 11.5 Å². The maximum Gasteiger partial charge on any atom is 0.149 e. The zero-order valence-electron chi connectivity index (χ0n) is 8.13.